The largest absolute Gasteiger partial charge is 0.508 e. The number of amides is 4. The highest BCUT2D eigenvalue weighted by atomic mass is 32.1. The molecule has 0 radical (unpaired) electrons. The molecule has 2 aliphatic rings. The third kappa shape index (κ3) is 15.7. The molecule has 7 rings (SSSR count). The molecule has 1 aromatic heterocycles. The molecule has 2 fully saturated rings. The molecule has 0 saturated carbocycles. The molecule has 0 spiro atoms. The first-order valence-electron chi connectivity index (χ1n) is 25.8. The number of allylic oxidation sites excluding steroid dienone is 1. The number of carbonyl (C=O) groups is 4. The van der Waals surface area contributed by atoms with E-state index in [1.54, 1.807) is 35.6 Å². The summed E-state index contributed by atoms with van der Waals surface area (Å²) in [6.07, 6.45) is 0.234. The van der Waals surface area contributed by atoms with Crippen LogP contribution in [0, 0.1) is 12.3 Å². The van der Waals surface area contributed by atoms with Crippen LogP contribution in [0.1, 0.15) is 81.3 Å². The van der Waals surface area contributed by atoms with Gasteiger partial charge in [0.2, 0.25) is 23.6 Å². The summed E-state index contributed by atoms with van der Waals surface area (Å²) in [5, 5.41) is 36.2. The van der Waals surface area contributed by atoms with Crippen molar-refractivity contribution < 1.29 is 48.7 Å². The minimum atomic E-state index is -0.947. The molecular formula is C58H72N6O10S. The Bertz CT molecular complexity index is 2700. The second kappa shape index (κ2) is 26.7. The predicted molar refractivity (Wildman–Crippen MR) is 290 cm³/mol. The van der Waals surface area contributed by atoms with Crippen LogP contribution in [0.15, 0.2) is 103 Å². The number of β-amino-alcohol motifs (C(OH)–C–C–N with tert-alkyl or cyclic N) is 1. The molecule has 17 heteroatoms. The van der Waals surface area contributed by atoms with Gasteiger partial charge in [0.25, 0.3) is 0 Å². The van der Waals surface area contributed by atoms with E-state index in [9.17, 15) is 34.5 Å². The zero-order chi connectivity index (χ0) is 53.5. The number of rotatable bonds is 23. The minimum absolute atomic E-state index is 0.00268. The number of ether oxygens (including phenoxy) is 3. The Morgan fingerprint density at radius 2 is 1.37 bits per heavy atom. The van der Waals surface area contributed by atoms with E-state index in [2.05, 4.69) is 27.4 Å². The summed E-state index contributed by atoms with van der Waals surface area (Å²) in [4.78, 5) is 64.5. The third-order valence-electron chi connectivity index (χ3n) is 13.6. The van der Waals surface area contributed by atoms with E-state index in [-0.39, 0.29) is 88.0 Å². The molecular weight excluding hydrogens is 973 g/mol. The molecule has 16 nitrogen and oxygen atoms in total. The van der Waals surface area contributed by atoms with Crippen LogP contribution in [0.2, 0.25) is 0 Å². The Kier molecular flexibility index (Phi) is 20.0. The molecule has 5 aromatic rings. The lowest BCUT2D eigenvalue weighted by atomic mass is 9.85. The number of carbonyl (C=O) groups excluding carboxylic acids is 4. The number of nitrogens with zero attached hydrogens (tertiary/aromatic N) is 4. The van der Waals surface area contributed by atoms with Crippen molar-refractivity contribution in [1.29, 1.82) is 0 Å². The molecule has 0 bridgehead atoms. The third-order valence-corrected chi connectivity index (χ3v) is 14.6. The second-order valence-corrected chi connectivity index (χ2v) is 20.9. The van der Waals surface area contributed by atoms with Crippen molar-refractivity contribution >= 4 is 46.1 Å². The Balaban J connectivity index is 0.760. The number of aromatic hydroxyl groups is 2. The fraction of sp³-hybridized carbons (Fsp3) is 0.431. The van der Waals surface area contributed by atoms with Gasteiger partial charge in [-0.25, -0.2) is 4.98 Å². The number of phenolic OH excluding ortho intramolecular Hbond substituents is 2. The Morgan fingerprint density at radius 1 is 0.773 bits per heavy atom. The average Bonchev–Trinajstić information content (AvgIpc) is 4.03. The van der Waals surface area contributed by atoms with Gasteiger partial charge in [-0.05, 0) is 94.1 Å². The van der Waals surface area contributed by atoms with Gasteiger partial charge in [-0.15, -0.1) is 11.3 Å². The quantitative estimate of drug-likeness (QED) is 0.0330. The topological polar surface area (TPSA) is 203 Å². The number of benzene rings is 4. The zero-order valence-electron chi connectivity index (χ0n) is 43.8. The van der Waals surface area contributed by atoms with Crippen LogP contribution in [0.4, 0.5) is 0 Å². The number of aryl methyl sites for hydroxylation is 1. The number of hydrogen-bond donors (Lipinski definition) is 5. The summed E-state index contributed by atoms with van der Waals surface area (Å²) in [7, 11) is 0. The summed E-state index contributed by atoms with van der Waals surface area (Å²) in [6.45, 7) is 14.6. The molecule has 5 N–H and O–H groups in total. The summed E-state index contributed by atoms with van der Waals surface area (Å²) < 4.78 is 17.5. The van der Waals surface area contributed by atoms with Crippen LogP contribution >= 0.6 is 11.3 Å². The summed E-state index contributed by atoms with van der Waals surface area (Å²) in [5.41, 5.74) is 9.16. The standard InChI is InChI=1S/C58H72N6O10S/c1-6-49(41-11-17-45(65)18-12-41)53(42-13-19-46(66)20-14-42)43-15-21-48(22-16-43)74-32-29-62-25-27-63(28-26-62)52(69)24-31-73-34-33-72-30-23-51(68)61-55(58(3,4)5)57(71)64-37-47(67)35-50(64)56(70)59-36-40-7-9-44(10-8-40)54-39(2)60-38-75-54/h7-22,38,47,50,55,65-67H,6,23-37H2,1-5H3,(H,59,70)(H,61,68)/t47-,50+,55?/m1/s1. The predicted octanol–water partition coefficient (Wildman–Crippen LogP) is 7.04. The van der Waals surface area contributed by atoms with Gasteiger partial charge in [-0.3, -0.25) is 24.1 Å². The van der Waals surface area contributed by atoms with Crippen LogP contribution in [0.5, 0.6) is 17.2 Å². The number of nitrogens with one attached hydrogen (secondary N) is 2. The van der Waals surface area contributed by atoms with Crippen LogP contribution in [0.3, 0.4) is 0 Å². The van der Waals surface area contributed by atoms with Gasteiger partial charge in [0.05, 0.1) is 55.0 Å². The lowest BCUT2D eigenvalue weighted by Crippen LogP contribution is -2.57. The van der Waals surface area contributed by atoms with Crippen molar-refractivity contribution in [2.45, 2.75) is 85.0 Å². The lowest BCUT2D eigenvalue weighted by molar-refractivity contribution is -0.144. The highest BCUT2D eigenvalue weighted by molar-refractivity contribution is 7.13. The Hall–Kier alpha value is -6.63. The minimum Gasteiger partial charge on any atom is -0.508 e. The van der Waals surface area contributed by atoms with Crippen molar-refractivity contribution in [3.8, 4) is 27.7 Å². The molecule has 2 aliphatic heterocycles. The smallest absolute Gasteiger partial charge is 0.246 e. The van der Waals surface area contributed by atoms with Gasteiger partial charge in [0.1, 0.15) is 35.9 Å². The molecule has 0 aliphatic carbocycles. The first kappa shape index (κ1) is 56.1. The fourth-order valence-electron chi connectivity index (χ4n) is 9.38. The van der Waals surface area contributed by atoms with Crippen LogP contribution in [0.25, 0.3) is 21.6 Å². The number of likely N-dealkylation sites (tertiary alicyclic amines) is 1. The van der Waals surface area contributed by atoms with Gasteiger partial charge in [0.15, 0.2) is 0 Å². The number of aliphatic hydroxyl groups excluding tert-OH is 1. The van der Waals surface area contributed by atoms with Crippen molar-refractivity contribution in [2.75, 3.05) is 72.3 Å². The monoisotopic (exact) mass is 1040 g/mol. The molecule has 3 heterocycles. The SMILES string of the molecule is CCC(=C(c1ccc(O)cc1)c1ccc(OCCN2CCN(C(=O)CCOCCOCCC(=O)NC(C(=O)N3C[C@H](O)C[C@H]3C(=O)NCc3ccc(-c4scnc4C)cc3)C(C)(C)C)CC2)cc1)c1ccc(O)cc1. The number of aromatic nitrogens is 1. The fourth-order valence-corrected chi connectivity index (χ4v) is 10.2. The summed E-state index contributed by atoms with van der Waals surface area (Å²) in [6, 6.07) is 28.5. The number of piperazine rings is 1. The number of aliphatic hydroxyl groups is 1. The van der Waals surface area contributed by atoms with Gasteiger partial charge in [-0.2, -0.15) is 0 Å². The maximum Gasteiger partial charge on any atom is 0.246 e. The van der Waals surface area contributed by atoms with E-state index in [4.69, 9.17) is 14.2 Å². The van der Waals surface area contributed by atoms with Gasteiger partial charge < -0.3 is 50.0 Å². The maximum atomic E-state index is 14.0. The van der Waals surface area contributed by atoms with Gasteiger partial charge in [-0.1, -0.05) is 88.4 Å². The van der Waals surface area contributed by atoms with Gasteiger partial charge >= 0.3 is 0 Å². The maximum absolute atomic E-state index is 14.0. The van der Waals surface area contributed by atoms with E-state index in [0.717, 1.165) is 81.3 Å². The average molecular weight is 1050 g/mol. The van der Waals surface area contributed by atoms with E-state index < -0.39 is 29.5 Å². The molecule has 75 heavy (non-hydrogen) atoms. The normalized spacial score (nSPS) is 16.8. The van der Waals surface area contributed by atoms with Crippen molar-refractivity contribution in [3.05, 3.63) is 131 Å². The van der Waals surface area contributed by atoms with Crippen molar-refractivity contribution in [2.24, 2.45) is 5.41 Å². The van der Waals surface area contributed by atoms with E-state index >= 15 is 0 Å². The van der Waals surface area contributed by atoms with E-state index in [1.165, 1.54) is 4.90 Å². The van der Waals surface area contributed by atoms with E-state index in [0.29, 0.717) is 19.7 Å². The molecule has 4 aromatic carbocycles. The van der Waals surface area contributed by atoms with Crippen LogP contribution in [-0.4, -0.2) is 149 Å². The van der Waals surface area contributed by atoms with Crippen molar-refractivity contribution in [1.82, 2.24) is 30.3 Å². The second-order valence-electron chi connectivity index (χ2n) is 20.1. The molecule has 2 saturated heterocycles. The Labute approximate surface area is 444 Å². The van der Waals surface area contributed by atoms with Crippen LogP contribution < -0.4 is 15.4 Å². The summed E-state index contributed by atoms with van der Waals surface area (Å²) in [5.74, 6) is 0.0112. The number of hydrogen-bond acceptors (Lipinski definition) is 13. The molecule has 3 atom stereocenters. The van der Waals surface area contributed by atoms with E-state index in [1.807, 2.05) is 111 Å². The highest BCUT2D eigenvalue weighted by Crippen LogP contribution is 2.36. The summed E-state index contributed by atoms with van der Waals surface area (Å²) >= 11 is 1.57. The zero-order valence-corrected chi connectivity index (χ0v) is 44.6. The molecule has 4 amide bonds. The first-order valence-corrected chi connectivity index (χ1v) is 26.7. The van der Waals surface area contributed by atoms with Crippen LogP contribution in [-0.2, 0) is 35.2 Å². The van der Waals surface area contributed by atoms with Gasteiger partial charge in [0, 0.05) is 58.7 Å². The molecule has 1 unspecified atom stereocenters. The lowest BCUT2D eigenvalue weighted by Gasteiger charge is -2.35. The Morgan fingerprint density at radius 3 is 1.96 bits per heavy atom. The molecule has 400 valence electrons. The highest BCUT2D eigenvalue weighted by Gasteiger charge is 2.44. The first-order chi connectivity index (χ1) is 36.1. The number of phenols is 2. The number of thiazole rings is 1. The van der Waals surface area contributed by atoms with Crippen molar-refractivity contribution in [3.63, 3.8) is 0 Å².